The lowest BCUT2D eigenvalue weighted by molar-refractivity contribution is 0.102. The molecule has 2 N–H and O–H groups in total. The van der Waals surface area contributed by atoms with Gasteiger partial charge in [0.1, 0.15) is 11.5 Å². The lowest BCUT2D eigenvalue weighted by Gasteiger charge is -2.13. The van der Waals surface area contributed by atoms with E-state index in [1.807, 2.05) is 0 Å². The average molecular weight is 426 g/mol. The number of hydrogen-bond acceptors (Lipinski definition) is 5. The van der Waals surface area contributed by atoms with Gasteiger partial charge in [0.05, 0.1) is 24.8 Å². The molecule has 3 aromatic carbocycles. The standard InChI is InChI=1S/C22H22N2O5S/c1-15-13-16(22(25)23-17-5-4-6-19(14-17)29-3)7-12-21(15)24-30(26,27)20-10-8-18(28-2)9-11-20/h4-14,24H,1-3H3,(H,23,25). The van der Waals surface area contributed by atoms with Crippen LogP contribution >= 0.6 is 0 Å². The molecule has 0 heterocycles. The van der Waals surface area contributed by atoms with Crippen molar-refractivity contribution < 1.29 is 22.7 Å². The summed E-state index contributed by atoms with van der Waals surface area (Å²) in [4.78, 5) is 12.7. The number of anilines is 2. The van der Waals surface area contributed by atoms with Gasteiger partial charge in [-0.3, -0.25) is 9.52 Å². The van der Waals surface area contributed by atoms with E-state index in [-0.39, 0.29) is 10.8 Å². The first kappa shape index (κ1) is 21.2. The third kappa shape index (κ3) is 4.90. The molecule has 0 saturated carbocycles. The van der Waals surface area contributed by atoms with Gasteiger partial charge in [0.2, 0.25) is 0 Å². The van der Waals surface area contributed by atoms with E-state index in [1.165, 1.54) is 19.2 Å². The molecular weight excluding hydrogens is 404 g/mol. The topological polar surface area (TPSA) is 93.7 Å². The number of methoxy groups -OCH3 is 2. The van der Waals surface area contributed by atoms with E-state index in [2.05, 4.69) is 10.0 Å². The second-order valence-corrected chi connectivity index (χ2v) is 8.18. The fourth-order valence-corrected chi connectivity index (χ4v) is 3.91. The SMILES string of the molecule is COc1ccc(S(=O)(=O)Nc2ccc(C(=O)Nc3cccc(OC)c3)cc2C)cc1. The third-order valence-electron chi connectivity index (χ3n) is 4.43. The Bertz CT molecular complexity index is 1160. The molecule has 0 spiro atoms. The molecule has 0 aliphatic rings. The van der Waals surface area contributed by atoms with Gasteiger partial charge in [0, 0.05) is 17.3 Å². The summed E-state index contributed by atoms with van der Waals surface area (Å²) in [5.74, 6) is 0.889. The van der Waals surface area contributed by atoms with Gasteiger partial charge in [-0.15, -0.1) is 0 Å². The minimum absolute atomic E-state index is 0.113. The number of hydrogen-bond donors (Lipinski definition) is 2. The molecule has 0 unspecified atom stereocenters. The lowest BCUT2D eigenvalue weighted by atomic mass is 10.1. The van der Waals surface area contributed by atoms with Crippen molar-refractivity contribution in [1.82, 2.24) is 0 Å². The number of carbonyl (C=O) groups excluding carboxylic acids is 1. The molecule has 8 heteroatoms. The molecule has 3 rings (SSSR count). The summed E-state index contributed by atoms with van der Waals surface area (Å²) in [5, 5.41) is 2.80. The Morgan fingerprint density at radius 3 is 2.20 bits per heavy atom. The van der Waals surface area contributed by atoms with Crippen molar-refractivity contribution in [3.05, 3.63) is 77.9 Å². The van der Waals surface area contributed by atoms with Crippen LogP contribution in [0.1, 0.15) is 15.9 Å². The summed E-state index contributed by atoms with van der Waals surface area (Å²) >= 11 is 0. The Morgan fingerprint density at radius 1 is 0.867 bits per heavy atom. The fourth-order valence-electron chi connectivity index (χ4n) is 2.78. The first-order valence-corrected chi connectivity index (χ1v) is 10.5. The fraction of sp³-hybridized carbons (Fsp3) is 0.136. The van der Waals surface area contributed by atoms with E-state index in [9.17, 15) is 13.2 Å². The second-order valence-electron chi connectivity index (χ2n) is 6.50. The molecule has 0 aromatic heterocycles. The van der Waals surface area contributed by atoms with Crippen LogP contribution in [0.4, 0.5) is 11.4 Å². The van der Waals surface area contributed by atoms with Gasteiger partial charge in [0.15, 0.2) is 0 Å². The Hall–Kier alpha value is -3.52. The zero-order chi connectivity index (χ0) is 21.7. The van der Waals surface area contributed by atoms with Crippen LogP contribution in [0.25, 0.3) is 0 Å². The number of carbonyl (C=O) groups is 1. The van der Waals surface area contributed by atoms with E-state index >= 15 is 0 Å². The van der Waals surface area contributed by atoms with Crippen molar-refractivity contribution in [3.8, 4) is 11.5 Å². The molecule has 0 fully saturated rings. The van der Waals surface area contributed by atoms with Crippen molar-refractivity contribution in [2.24, 2.45) is 0 Å². The van der Waals surface area contributed by atoms with E-state index in [0.717, 1.165) is 0 Å². The molecule has 156 valence electrons. The van der Waals surface area contributed by atoms with Gasteiger partial charge >= 0.3 is 0 Å². The molecule has 0 aliphatic heterocycles. The first-order chi connectivity index (χ1) is 14.3. The van der Waals surface area contributed by atoms with Gasteiger partial charge in [-0.05, 0) is 67.1 Å². The number of amides is 1. The predicted molar refractivity (Wildman–Crippen MR) is 116 cm³/mol. The number of nitrogens with one attached hydrogen (secondary N) is 2. The van der Waals surface area contributed by atoms with Gasteiger partial charge in [0.25, 0.3) is 15.9 Å². The highest BCUT2D eigenvalue weighted by Gasteiger charge is 2.16. The number of aryl methyl sites for hydroxylation is 1. The summed E-state index contributed by atoms with van der Waals surface area (Å²) in [6.45, 7) is 1.73. The summed E-state index contributed by atoms with van der Waals surface area (Å²) in [7, 11) is -0.708. The smallest absolute Gasteiger partial charge is 0.261 e. The van der Waals surface area contributed by atoms with Crippen molar-refractivity contribution >= 4 is 27.3 Å². The van der Waals surface area contributed by atoms with Crippen molar-refractivity contribution in [1.29, 1.82) is 0 Å². The second kappa shape index (κ2) is 8.87. The van der Waals surface area contributed by atoms with Crippen molar-refractivity contribution in [2.45, 2.75) is 11.8 Å². The molecule has 0 atom stereocenters. The Kier molecular flexibility index (Phi) is 6.27. The maximum Gasteiger partial charge on any atom is 0.261 e. The Morgan fingerprint density at radius 2 is 1.57 bits per heavy atom. The van der Waals surface area contributed by atoms with Crippen LogP contribution in [0, 0.1) is 6.92 Å². The summed E-state index contributed by atoms with van der Waals surface area (Å²) in [6, 6.07) is 17.9. The van der Waals surface area contributed by atoms with E-state index in [0.29, 0.717) is 34.0 Å². The lowest BCUT2D eigenvalue weighted by Crippen LogP contribution is -2.15. The molecular formula is C22H22N2O5S. The Balaban J connectivity index is 1.76. The Labute approximate surface area is 175 Å². The van der Waals surface area contributed by atoms with Crippen LogP contribution < -0.4 is 19.5 Å². The third-order valence-corrected chi connectivity index (χ3v) is 5.81. The molecule has 30 heavy (non-hydrogen) atoms. The molecule has 7 nitrogen and oxygen atoms in total. The normalized spacial score (nSPS) is 10.9. The zero-order valence-electron chi connectivity index (χ0n) is 16.8. The molecule has 0 radical (unpaired) electrons. The minimum Gasteiger partial charge on any atom is -0.497 e. The molecule has 1 amide bonds. The summed E-state index contributed by atoms with van der Waals surface area (Å²) in [6.07, 6.45) is 0. The van der Waals surface area contributed by atoms with Gasteiger partial charge in [-0.2, -0.15) is 0 Å². The summed E-state index contributed by atoms with van der Waals surface area (Å²) in [5.41, 5.74) is 2.01. The molecule has 0 bridgehead atoms. The van der Waals surface area contributed by atoms with Crippen molar-refractivity contribution in [2.75, 3.05) is 24.3 Å². The van der Waals surface area contributed by atoms with Crippen LogP contribution in [0.3, 0.4) is 0 Å². The summed E-state index contributed by atoms with van der Waals surface area (Å²) < 4.78 is 38.0. The highest BCUT2D eigenvalue weighted by Crippen LogP contribution is 2.23. The van der Waals surface area contributed by atoms with Gasteiger partial charge in [-0.25, -0.2) is 8.42 Å². The molecule has 0 aliphatic carbocycles. The van der Waals surface area contributed by atoms with Crippen LogP contribution in [-0.2, 0) is 10.0 Å². The number of rotatable bonds is 7. The largest absolute Gasteiger partial charge is 0.497 e. The van der Waals surface area contributed by atoms with Crippen LogP contribution in [-0.4, -0.2) is 28.5 Å². The van der Waals surface area contributed by atoms with Crippen LogP contribution in [0.5, 0.6) is 11.5 Å². The molecule has 3 aromatic rings. The highest BCUT2D eigenvalue weighted by atomic mass is 32.2. The number of ether oxygens (including phenoxy) is 2. The number of sulfonamides is 1. The van der Waals surface area contributed by atoms with Crippen LogP contribution in [0.2, 0.25) is 0 Å². The first-order valence-electron chi connectivity index (χ1n) is 9.05. The van der Waals surface area contributed by atoms with Crippen molar-refractivity contribution in [3.63, 3.8) is 0 Å². The number of benzene rings is 3. The van der Waals surface area contributed by atoms with E-state index < -0.39 is 10.0 Å². The molecule has 0 saturated heterocycles. The quantitative estimate of drug-likeness (QED) is 0.594. The minimum atomic E-state index is -3.77. The average Bonchev–Trinajstić information content (AvgIpc) is 2.75. The van der Waals surface area contributed by atoms with Crippen LogP contribution in [0.15, 0.2) is 71.6 Å². The zero-order valence-corrected chi connectivity index (χ0v) is 17.6. The van der Waals surface area contributed by atoms with Gasteiger partial charge in [-0.1, -0.05) is 6.07 Å². The highest BCUT2D eigenvalue weighted by molar-refractivity contribution is 7.92. The maximum absolute atomic E-state index is 12.6. The monoisotopic (exact) mass is 426 g/mol. The van der Waals surface area contributed by atoms with E-state index in [4.69, 9.17) is 9.47 Å². The predicted octanol–water partition coefficient (Wildman–Crippen LogP) is 4.07. The van der Waals surface area contributed by atoms with Gasteiger partial charge < -0.3 is 14.8 Å². The maximum atomic E-state index is 12.6. The van der Waals surface area contributed by atoms with E-state index in [1.54, 1.807) is 68.6 Å².